The lowest BCUT2D eigenvalue weighted by Gasteiger charge is -2.07. The average Bonchev–Trinajstić information content (AvgIpc) is 1.88. The van der Waals surface area contributed by atoms with Gasteiger partial charge in [0, 0.05) is 20.5 Å². The summed E-state index contributed by atoms with van der Waals surface area (Å²) in [6, 6.07) is 0. The number of nitrogens with zero attached hydrogens (tertiary/aromatic N) is 2. The minimum Gasteiger partial charge on any atom is -0.349 e. The van der Waals surface area contributed by atoms with Crippen molar-refractivity contribution in [2.75, 3.05) is 20.6 Å². The maximum atomic E-state index is 10.8. The Balaban J connectivity index is 3.49. The number of hydrogen-bond acceptors (Lipinski definition) is 3. The molecule has 10 heavy (non-hydrogen) atoms. The van der Waals surface area contributed by atoms with E-state index in [4.69, 9.17) is 0 Å². The fraction of sp³-hybridized carbons (Fsp3) is 0.667. The molecule has 0 aliphatic rings. The fourth-order valence-electron chi connectivity index (χ4n) is 0.421. The second-order valence-corrected chi connectivity index (χ2v) is 2.19. The molecule has 1 amide bonds. The Bertz CT molecular complexity index is 161. The molecule has 0 fully saturated rings. The van der Waals surface area contributed by atoms with Crippen molar-refractivity contribution < 1.29 is 4.79 Å². The molecular weight excluding hydrogens is 148 g/mol. The van der Waals surface area contributed by atoms with Gasteiger partial charge in [0.2, 0.25) is 5.91 Å². The zero-order chi connectivity index (χ0) is 7.98. The highest BCUT2D eigenvalue weighted by Gasteiger charge is 2.00. The first kappa shape index (κ1) is 9.27. The van der Waals surface area contributed by atoms with Gasteiger partial charge < -0.3 is 4.90 Å². The molecule has 0 radical (unpaired) electrons. The van der Waals surface area contributed by atoms with Crippen molar-refractivity contribution in [1.29, 1.82) is 0 Å². The second kappa shape index (κ2) is 5.09. The minimum atomic E-state index is 0.0639. The standard InChI is InChI=1S/C6H10N2OS/c1-8(2)6(9)3-4-7-5-10/h3-4H2,1-2H3. The SMILES string of the molecule is CN(C)C(=O)CCN=C=S. The number of aliphatic imine (C=N–C) groups is 1. The third-order valence-corrected chi connectivity index (χ3v) is 1.13. The molecule has 0 rings (SSSR count). The maximum absolute atomic E-state index is 10.8. The maximum Gasteiger partial charge on any atom is 0.223 e. The van der Waals surface area contributed by atoms with E-state index in [0.29, 0.717) is 13.0 Å². The van der Waals surface area contributed by atoms with Gasteiger partial charge in [-0.1, -0.05) is 0 Å². The van der Waals surface area contributed by atoms with Crippen molar-refractivity contribution >= 4 is 23.3 Å². The molecule has 0 unspecified atom stereocenters. The molecule has 0 aliphatic heterocycles. The Morgan fingerprint density at radius 1 is 1.70 bits per heavy atom. The summed E-state index contributed by atoms with van der Waals surface area (Å²) in [7, 11) is 3.42. The normalized spacial score (nSPS) is 8.20. The van der Waals surface area contributed by atoms with E-state index in [1.54, 1.807) is 14.1 Å². The van der Waals surface area contributed by atoms with Crippen molar-refractivity contribution in [3.05, 3.63) is 0 Å². The van der Waals surface area contributed by atoms with Crippen LogP contribution in [0.2, 0.25) is 0 Å². The van der Waals surface area contributed by atoms with Crippen LogP contribution in [0.3, 0.4) is 0 Å². The number of carbonyl (C=O) groups is 1. The largest absolute Gasteiger partial charge is 0.349 e. The predicted octanol–water partition coefficient (Wildman–Crippen LogP) is 0.567. The molecule has 0 spiro atoms. The van der Waals surface area contributed by atoms with Gasteiger partial charge in [-0.2, -0.15) is 0 Å². The second-order valence-electron chi connectivity index (χ2n) is 2.01. The topological polar surface area (TPSA) is 32.7 Å². The summed E-state index contributed by atoms with van der Waals surface area (Å²) >= 11 is 4.33. The van der Waals surface area contributed by atoms with Crippen LogP contribution in [0.5, 0.6) is 0 Å². The zero-order valence-corrected chi connectivity index (χ0v) is 6.94. The van der Waals surface area contributed by atoms with Gasteiger partial charge in [0.1, 0.15) is 0 Å². The van der Waals surface area contributed by atoms with Crippen molar-refractivity contribution in [1.82, 2.24) is 4.90 Å². The molecule has 0 bridgehead atoms. The van der Waals surface area contributed by atoms with Gasteiger partial charge in [-0.05, 0) is 12.2 Å². The Labute approximate surface area is 65.7 Å². The van der Waals surface area contributed by atoms with Gasteiger partial charge in [-0.25, -0.2) is 4.99 Å². The summed E-state index contributed by atoms with van der Waals surface area (Å²) < 4.78 is 0. The van der Waals surface area contributed by atoms with E-state index in [-0.39, 0.29) is 5.91 Å². The summed E-state index contributed by atoms with van der Waals surface area (Å²) in [5.41, 5.74) is 0. The summed E-state index contributed by atoms with van der Waals surface area (Å²) in [5.74, 6) is 0.0639. The highest BCUT2D eigenvalue weighted by Crippen LogP contribution is 1.86. The van der Waals surface area contributed by atoms with Crippen LogP contribution >= 0.6 is 12.2 Å². The highest BCUT2D eigenvalue weighted by atomic mass is 32.1. The lowest BCUT2D eigenvalue weighted by atomic mass is 10.4. The van der Waals surface area contributed by atoms with Gasteiger partial charge in [-0.15, -0.1) is 0 Å². The summed E-state index contributed by atoms with van der Waals surface area (Å²) in [4.78, 5) is 16.0. The smallest absolute Gasteiger partial charge is 0.223 e. The number of carbonyl (C=O) groups excluding carboxylic acids is 1. The Kier molecular flexibility index (Phi) is 4.72. The first-order chi connectivity index (χ1) is 4.68. The van der Waals surface area contributed by atoms with Crippen molar-refractivity contribution in [2.45, 2.75) is 6.42 Å². The molecule has 0 aromatic carbocycles. The average molecular weight is 158 g/mol. The molecule has 56 valence electrons. The molecule has 0 saturated heterocycles. The van der Waals surface area contributed by atoms with E-state index in [9.17, 15) is 4.79 Å². The van der Waals surface area contributed by atoms with E-state index in [1.165, 1.54) is 4.90 Å². The summed E-state index contributed by atoms with van der Waals surface area (Å²) in [5, 5.41) is 2.20. The van der Waals surface area contributed by atoms with E-state index in [1.807, 2.05) is 0 Å². The van der Waals surface area contributed by atoms with E-state index in [2.05, 4.69) is 22.4 Å². The van der Waals surface area contributed by atoms with Gasteiger partial charge in [-0.3, -0.25) is 4.79 Å². The van der Waals surface area contributed by atoms with Crippen LogP contribution in [0, 0.1) is 0 Å². The molecule has 0 heterocycles. The predicted molar refractivity (Wildman–Crippen MR) is 43.2 cm³/mol. The summed E-state index contributed by atoms with van der Waals surface area (Å²) in [6.07, 6.45) is 0.413. The van der Waals surface area contributed by atoms with Crippen molar-refractivity contribution in [2.24, 2.45) is 4.99 Å². The Morgan fingerprint density at radius 3 is 2.70 bits per heavy atom. The lowest BCUT2D eigenvalue weighted by molar-refractivity contribution is -0.128. The van der Waals surface area contributed by atoms with Crippen LogP contribution < -0.4 is 0 Å². The van der Waals surface area contributed by atoms with Crippen LogP contribution in [0.25, 0.3) is 0 Å². The van der Waals surface area contributed by atoms with Gasteiger partial charge >= 0.3 is 0 Å². The quantitative estimate of drug-likeness (QED) is 0.444. The van der Waals surface area contributed by atoms with Crippen LogP contribution in [-0.4, -0.2) is 36.6 Å². The van der Waals surface area contributed by atoms with E-state index < -0.39 is 0 Å². The van der Waals surface area contributed by atoms with Gasteiger partial charge in [0.15, 0.2) is 0 Å². The monoisotopic (exact) mass is 158 g/mol. The highest BCUT2D eigenvalue weighted by molar-refractivity contribution is 7.78. The first-order valence-corrected chi connectivity index (χ1v) is 3.33. The van der Waals surface area contributed by atoms with Crippen molar-refractivity contribution in [3.63, 3.8) is 0 Å². The van der Waals surface area contributed by atoms with Gasteiger partial charge in [0.25, 0.3) is 0 Å². The molecule has 3 nitrogen and oxygen atoms in total. The molecule has 0 atom stereocenters. The third kappa shape index (κ3) is 4.18. The third-order valence-electron chi connectivity index (χ3n) is 1.00. The van der Waals surface area contributed by atoms with Crippen LogP contribution in [0.1, 0.15) is 6.42 Å². The summed E-state index contributed by atoms with van der Waals surface area (Å²) in [6.45, 7) is 0.445. The van der Waals surface area contributed by atoms with Crippen LogP contribution in [0.4, 0.5) is 0 Å². The first-order valence-electron chi connectivity index (χ1n) is 2.92. The lowest BCUT2D eigenvalue weighted by Crippen LogP contribution is -2.21. The molecule has 0 N–H and O–H groups in total. The molecule has 4 heteroatoms. The molecular formula is C6H10N2OS. The molecule has 0 aromatic rings. The van der Waals surface area contributed by atoms with E-state index >= 15 is 0 Å². The van der Waals surface area contributed by atoms with E-state index in [0.717, 1.165) is 0 Å². The Hall–Kier alpha value is -0.730. The van der Waals surface area contributed by atoms with Crippen LogP contribution in [-0.2, 0) is 4.79 Å². The number of isothiocyanates is 1. The number of thiocarbonyl (C=S) groups is 1. The Morgan fingerprint density at radius 2 is 2.30 bits per heavy atom. The molecule has 0 saturated carbocycles. The molecule has 0 aliphatic carbocycles. The minimum absolute atomic E-state index is 0.0639. The zero-order valence-electron chi connectivity index (χ0n) is 6.13. The number of hydrogen-bond donors (Lipinski definition) is 0. The molecule has 0 aromatic heterocycles. The van der Waals surface area contributed by atoms with Gasteiger partial charge in [0.05, 0.1) is 11.7 Å². The van der Waals surface area contributed by atoms with Crippen LogP contribution in [0.15, 0.2) is 4.99 Å². The number of rotatable bonds is 3. The fourth-order valence-corrected chi connectivity index (χ4v) is 0.512. The van der Waals surface area contributed by atoms with Crippen molar-refractivity contribution in [3.8, 4) is 0 Å². The number of amides is 1.